The highest BCUT2D eigenvalue weighted by Crippen LogP contribution is 2.66. The van der Waals surface area contributed by atoms with Crippen LogP contribution in [0.4, 0.5) is 0 Å². The normalized spacial score (nSPS) is 49.9. The summed E-state index contributed by atoms with van der Waals surface area (Å²) in [5.41, 5.74) is 6.46. The maximum Gasteiger partial charge on any atom is 0.0755 e. The number of rotatable bonds is 2. The molecule has 0 heterocycles. The Kier molecular flexibility index (Phi) is 2.20. The van der Waals surface area contributed by atoms with E-state index in [4.69, 9.17) is 5.73 Å². The summed E-state index contributed by atoms with van der Waals surface area (Å²) in [7, 11) is 0. The van der Waals surface area contributed by atoms with Crippen molar-refractivity contribution >= 4 is 0 Å². The van der Waals surface area contributed by atoms with Crippen LogP contribution in [-0.4, -0.2) is 17.3 Å². The van der Waals surface area contributed by atoms with E-state index in [1.165, 1.54) is 12.8 Å². The van der Waals surface area contributed by atoms with Gasteiger partial charge in [0.15, 0.2) is 0 Å². The number of fused-ring (bicyclic) bond motifs is 2. The van der Waals surface area contributed by atoms with Crippen molar-refractivity contribution in [3.8, 4) is 0 Å². The number of hydrogen-bond donors (Lipinski definition) is 2. The van der Waals surface area contributed by atoms with E-state index < -0.39 is 0 Å². The Labute approximate surface area is 86.9 Å². The van der Waals surface area contributed by atoms with Crippen molar-refractivity contribution in [2.75, 3.05) is 0 Å². The van der Waals surface area contributed by atoms with Crippen LogP contribution in [0.1, 0.15) is 46.5 Å². The van der Waals surface area contributed by atoms with E-state index in [2.05, 4.69) is 20.8 Å². The van der Waals surface area contributed by atoms with Crippen molar-refractivity contribution < 1.29 is 5.11 Å². The smallest absolute Gasteiger partial charge is 0.0755 e. The predicted octanol–water partition coefficient (Wildman–Crippen LogP) is 1.91. The highest BCUT2D eigenvalue weighted by atomic mass is 16.3. The van der Waals surface area contributed by atoms with Gasteiger partial charge in [-0.25, -0.2) is 0 Å². The van der Waals surface area contributed by atoms with Crippen molar-refractivity contribution in [3.05, 3.63) is 0 Å². The van der Waals surface area contributed by atoms with Gasteiger partial charge in [-0.1, -0.05) is 27.2 Å². The molecule has 4 unspecified atom stereocenters. The van der Waals surface area contributed by atoms with Crippen molar-refractivity contribution in [2.24, 2.45) is 22.5 Å². The first-order valence-corrected chi connectivity index (χ1v) is 5.91. The summed E-state index contributed by atoms with van der Waals surface area (Å²) in [4.78, 5) is 0. The van der Waals surface area contributed by atoms with Crippen molar-refractivity contribution in [3.63, 3.8) is 0 Å². The van der Waals surface area contributed by atoms with Crippen LogP contribution in [0.2, 0.25) is 0 Å². The van der Waals surface area contributed by atoms with Crippen LogP contribution in [0.25, 0.3) is 0 Å². The molecule has 2 aliphatic carbocycles. The van der Waals surface area contributed by atoms with E-state index in [9.17, 15) is 5.11 Å². The van der Waals surface area contributed by atoms with Gasteiger partial charge in [-0.15, -0.1) is 0 Å². The second-order valence-electron chi connectivity index (χ2n) is 5.80. The molecule has 0 spiro atoms. The number of hydrogen-bond acceptors (Lipinski definition) is 2. The molecule has 0 amide bonds. The lowest BCUT2D eigenvalue weighted by atomic mass is 9.66. The quantitative estimate of drug-likeness (QED) is 0.710. The van der Waals surface area contributed by atoms with Crippen molar-refractivity contribution in [1.82, 2.24) is 0 Å². The third-order valence-corrected chi connectivity index (χ3v) is 5.20. The number of nitrogens with two attached hydrogens (primary N) is 1. The SMILES string of the molecule is CCCC12CCC(C(N)C1O)C2(C)C. The van der Waals surface area contributed by atoms with Gasteiger partial charge in [-0.2, -0.15) is 0 Å². The number of aliphatic hydroxyl groups is 1. The first-order valence-electron chi connectivity index (χ1n) is 5.91. The average molecular weight is 197 g/mol. The van der Waals surface area contributed by atoms with Gasteiger partial charge in [0.2, 0.25) is 0 Å². The molecule has 82 valence electrons. The van der Waals surface area contributed by atoms with Gasteiger partial charge in [-0.05, 0) is 30.6 Å². The summed E-state index contributed by atoms with van der Waals surface area (Å²) >= 11 is 0. The summed E-state index contributed by atoms with van der Waals surface area (Å²) in [6.45, 7) is 6.81. The Morgan fingerprint density at radius 2 is 2.07 bits per heavy atom. The summed E-state index contributed by atoms with van der Waals surface area (Å²) in [6.07, 6.45) is 4.40. The lowest BCUT2D eigenvalue weighted by Gasteiger charge is -2.40. The molecule has 0 radical (unpaired) electrons. The minimum absolute atomic E-state index is 0.0188. The molecule has 2 aliphatic rings. The lowest BCUT2D eigenvalue weighted by molar-refractivity contribution is -0.0164. The first-order chi connectivity index (χ1) is 6.47. The molecular formula is C12H23NO. The Hall–Kier alpha value is -0.0800. The molecule has 2 rings (SSSR count). The molecule has 14 heavy (non-hydrogen) atoms. The van der Waals surface area contributed by atoms with Gasteiger partial charge in [0.25, 0.3) is 0 Å². The Morgan fingerprint density at radius 1 is 1.43 bits per heavy atom. The fraction of sp³-hybridized carbons (Fsp3) is 1.00. The standard InChI is InChI=1S/C12H23NO/c1-4-6-12-7-5-8(11(12,2)3)9(13)10(12)14/h8-10,14H,4-7,13H2,1-3H3. The Morgan fingerprint density at radius 3 is 2.50 bits per heavy atom. The summed E-state index contributed by atoms with van der Waals surface area (Å²) in [5.74, 6) is 0.532. The van der Waals surface area contributed by atoms with Gasteiger partial charge in [-0.3, -0.25) is 0 Å². The molecular weight excluding hydrogens is 174 g/mol. The Balaban J connectivity index is 2.37. The second-order valence-corrected chi connectivity index (χ2v) is 5.80. The lowest BCUT2D eigenvalue weighted by Crippen LogP contribution is -2.45. The van der Waals surface area contributed by atoms with E-state index in [1.807, 2.05) is 0 Å². The van der Waals surface area contributed by atoms with Gasteiger partial charge in [0.1, 0.15) is 0 Å². The van der Waals surface area contributed by atoms with E-state index in [0.717, 1.165) is 12.8 Å². The molecule has 2 saturated carbocycles. The largest absolute Gasteiger partial charge is 0.391 e. The first kappa shape index (κ1) is 10.4. The van der Waals surface area contributed by atoms with E-state index in [-0.39, 0.29) is 23.0 Å². The van der Waals surface area contributed by atoms with Crippen LogP contribution in [0.15, 0.2) is 0 Å². The molecule has 0 saturated heterocycles. The van der Waals surface area contributed by atoms with E-state index >= 15 is 0 Å². The molecule has 0 aromatic heterocycles. The van der Waals surface area contributed by atoms with Crippen LogP contribution in [-0.2, 0) is 0 Å². The molecule has 3 N–H and O–H groups in total. The van der Waals surface area contributed by atoms with Gasteiger partial charge in [0, 0.05) is 11.5 Å². The minimum Gasteiger partial charge on any atom is -0.391 e. The maximum atomic E-state index is 10.3. The third-order valence-electron chi connectivity index (χ3n) is 5.20. The monoisotopic (exact) mass is 197 g/mol. The molecule has 2 heteroatoms. The molecule has 2 fully saturated rings. The van der Waals surface area contributed by atoms with Crippen molar-refractivity contribution in [2.45, 2.75) is 58.6 Å². The fourth-order valence-electron chi connectivity index (χ4n) is 4.30. The van der Waals surface area contributed by atoms with Gasteiger partial charge < -0.3 is 10.8 Å². The van der Waals surface area contributed by atoms with Gasteiger partial charge in [0.05, 0.1) is 6.10 Å². The maximum absolute atomic E-state index is 10.3. The van der Waals surface area contributed by atoms with E-state index in [1.54, 1.807) is 0 Å². The average Bonchev–Trinajstić information content (AvgIpc) is 2.43. The highest BCUT2D eigenvalue weighted by molar-refractivity contribution is 5.17. The zero-order valence-electron chi connectivity index (χ0n) is 9.59. The minimum atomic E-state index is -0.267. The van der Waals surface area contributed by atoms with Crippen LogP contribution in [0.3, 0.4) is 0 Å². The zero-order valence-corrected chi connectivity index (χ0v) is 9.59. The third kappa shape index (κ3) is 0.938. The predicted molar refractivity (Wildman–Crippen MR) is 57.8 cm³/mol. The number of aliphatic hydroxyl groups excluding tert-OH is 1. The van der Waals surface area contributed by atoms with Crippen molar-refractivity contribution in [1.29, 1.82) is 0 Å². The van der Waals surface area contributed by atoms with Crippen LogP contribution in [0.5, 0.6) is 0 Å². The molecule has 2 nitrogen and oxygen atoms in total. The summed E-state index contributed by atoms with van der Waals surface area (Å²) in [5, 5.41) is 10.3. The van der Waals surface area contributed by atoms with Crippen LogP contribution < -0.4 is 5.73 Å². The van der Waals surface area contributed by atoms with Gasteiger partial charge >= 0.3 is 0 Å². The fourth-order valence-corrected chi connectivity index (χ4v) is 4.30. The Bertz CT molecular complexity index is 238. The molecule has 2 bridgehead atoms. The molecule has 0 aromatic rings. The highest BCUT2D eigenvalue weighted by Gasteiger charge is 2.66. The topological polar surface area (TPSA) is 46.2 Å². The van der Waals surface area contributed by atoms with Crippen LogP contribution in [0, 0.1) is 16.7 Å². The molecule has 4 atom stereocenters. The summed E-state index contributed by atoms with van der Waals surface area (Å²) < 4.78 is 0. The second kappa shape index (κ2) is 2.96. The van der Waals surface area contributed by atoms with Crippen LogP contribution >= 0.6 is 0 Å². The zero-order chi connectivity index (χ0) is 10.6. The summed E-state index contributed by atoms with van der Waals surface area (Å²) in [6, 6.07) is 0.0188. The molecule has 0 aromatic carbocycles. The van der Waals surface area contributed by atoms with E-state index in [0.29, 0.717) is 5.92 Å². The molecule has 0 aliphatic heterocycles.